The number of nitrogens with two attached hydrogens (primary N) is 1. The number of alkyl halides is 3. The average Bonchev–Trinajstić information content (AvgIpc) is 2.72. The van der Waals surface area contributed by atoms with Crippen LogP contribution in [0.2, 0.25) is 0 Å². The number of hydrogen-bond donors (Lipinski definition) is 2. The molecule has 3 N–H and O–H groups in total. The number of fused-ring (bicyclic) bond motifs is 1. The molecule has 1 aromatic heterocycles. The Morgan fingerprint density at radius 2 is 1.78 bits per heavy atom. The molecule has 0 aliphatic heterocycles. The molecule has 6 nitrogen and oxygen atoms in total. The number of nitrogens with one attached hydrogen (secondary N) is 1. The van der Waals surface area contributed by atoms with Crippen LogP contribution < -0.4 is 15.8 Å². The van der Waals surface area contributed by atoms with E-state index in [2.05, 4.69) is 15.3 Å². The smallest absolute Gasteiger partial charge is 0.416 e. The van der Waals surface area contributed by atoms with E-state index >= 15 is 0 Å². The Balaban J connectivity index is 2.05. The number of hydrogen-bond acceptors (Lipinski definition) is 6. The largest absolute Gasteiger partial charge is 0.496 e. The van der Waals surface area contributed by atoms with Gasteiger partial charge in [0.05, 0.1) is 30.3 Å². The quantitative estimate of drug-likeness (QED) is 0.478. The number of halogens is 3. The van der Waals surface area contributed by atoms with Crippen molar-refractivity contribution in [1.82, 2.24) is 9.97 Å². The van der Waals surface area contributed by atoms with E-state index in [0.29, 0.717) is 34.9 Å². The zero-order valence-electron chi connectivity index (χ0n) is 18.7. The molecule has 9 heteroatoms. The summed E-state index contributed by atoms with van der Waals surface area (Å²) in [6.07, 6.45) is -3.90. The van der Waals surface area contributed by atoms with Crippen LogP contribution in [0.25, 0.3) is 10.9 Å². The Labute approximate surface area is 185 Å². The number of anilines is 2. The second-order valence-electron chi connectivity index (χ2n) is 7.80. The summed E-state index contributed by atoms with van der Waals surface area (Å²) in [5.41, 5.74) is 6.99. The van der Waals surface area contributed by atoms with Crippen molar-refractivity contribution >= 4 is 22.4 Å². The first kappa shape index (κ1) is 23.6. The van der Waals surface area contributed by atoms with E-state index in [1.165, 1.54) is 6.07 Å². The van der Waals surface area contributed by atoms with Crippen molar-refractivity contribution in [3.63, 3.8) is 0 Å². The van der Waals surface area contributed by atoms with Crippen LogP contribution in [0.3, 0.4) is 0 Å². The van der Waals surface area contributed by atoms with Gasteiger partial charge in [-0.1, -0.05) is 0 Å². The lowest BCUT2D eigenvalue weighted by atomic mass is 10.0. The predicted octanol–water partition coefficient (Wildman–Crippen LogP) is 5.30. The van der Waals surface area contributed by atoms with Gasteiger partial charge in [0.15, 0.2) is 0 Å². The highest BCUT2D eigenvalue weighted by molar-refractivity contribution is 5.91. The molecule has 2 unspecified atom stereocenters. The molecule has 0 aliphatic carbocycles. The number of nitrogens with zero attached hydrogens (tertiary/aromatic N) is 2. The van der Waals surface area contributed by atoms with E-state index in [1.54, 1.807) is 28.1 Å². The fraction of sp³-hybridized carbons (Fsp3) is 0.391. The van der Waals surface area contributed by atoms with Gasteiger partial charge in [-0.15, -0.1) is 0 Å². The molecular formula is C23H27F3N4O2. The van der Waals surface area contributed by atoms with Crippen LogP contribution in [0.1, 0.15) is 42.4 Å². The monoisotopic (exact) mass is 448 g/mol. The second kappa shape index (κ2) is 9.20. The van der Waals surface area contributed by atoms with Crippen molar-refractivity contribution in [2.45, 2.75) is 45.5 Å². The Morgan fingerprint density at radius 1 is 1.06 bits per heavy atom. The number of aryl methyl sites for hydroxylation is 1. The Bertz CT molecular complexity index is 1120. The first-order valence-electron chi connectivity index (χ1n) is 10.1. The molecule has 1 heterocycles. The minimum Gasteiger partial charge on any atom is -0.496 e. The van der Waals surface area contributed by atoms with Crippen LogP contribution in [-0.4, -0.2) is 30.3 Å². The molecule has 32 heavy (non-hydrogen) atoms. The number of aromatic nitrogens is 2. The molecule has 2 aromatic carbocycles. The minimum atomic E-state index is -4.48. The molecule has 0 saturated carbocycles. The zero-order valence-corrected chi connectivity index (χ0v) is 18.7. The summed E-state index contributed by atoms with van der Waals surface area (Å²) >= 11 is 0. The van der Waals surface area contributed by atoms with E-state index in [4.69, 9.17) is 15.2 Å². The highest BCUT2D eigenvalue weighted by Crippen LogP contribution is 2.35. The van der Waals surface area contributed by atoms with Crippen LogP contribution in [0.5, 0.6) is 5.75 Å². The lowest BCUT2D eigenvalue weighted by Crippen LogP contribution is -2.13. The molecule has 0 aliphatic rings. The summed E-state index contributed by atoms with van der Waals surface area (Å²) in [7, 11) is 3.23. The van der Waals surface area contributed by atoms with Crippen molar-refractivity contribution in [1.29, 1.82) is 0 Å². The highest BCUT2D eigenvalue weighted by atomic mass is 19.4. The summed E-state index contributed by atoms with van der Waals surface area (Å²) in [6, 6.07) is 6.83. The third-order valence-electron chi connectivity index (χ3n) is 5.28. The third-order valence-corrected chi connectivity index (χ3v) is 5.28. The average molecular weight is 448 g/mol. The first-order chi connectivity index (χ1) is 15.0. The van der Waals surface area contributed by atoms with Gasteiger partial charge < -0.3 is 20.5 Å². The van der Waals surface area contributed by atoms with Crippen molar-refractivity contribution in [2.24, 2.45) is 0 Å². The first-order valence-corrected chi connectivity index (χ1v) is 10.1. The number of ether oxygens (including phenoxy) is 2. The Morgan fingerprint density at radius 3 is 2.41 bits per heavy atom. The van der Waals surface area contributed by atoms with Crippen molar-refractivity contribution in [2.75, 3.05) is 25.3 Å². The number of benzene rings is 2. The molecule has 0 spiro atoms. The van der Waals surface area contributed by atoms with Gasteiger partial charge in [0.1, 0.15) is 17.4 Å². The number of methoxy groups -OCH3 is 2. The molecular weight excluding hydrogens is 421 g/mol. The molecule has 0 amide bonds. The fourth-order valence-corrected chi connectivity index (χ4v) is 3.55. The van der Waals surface area contributed by atoms with Crippen LogP contribution in [0, 0.1) is 6.92 Å². The summed E-state index contributed by atoms with van der Waals surface area (Å²) < 4.78 is 50.6. The van der Waals surface area contributed by atoms with E-state index in [0.717, 1.165) is 23.1 Å². The molecule has 0 fully saturated rings. The highest BCUT2D eigenvalue weighted by Gasteiger charge is 2.31. The minimum absolute atomic E-state index is 0.0314. The van der Waals surface area contributed by atoms with Gasteiger partial charge in [-0.3, -0.25) is 0 Å². The van der Waals surface area contributed by atoms with Gasteiger partial charge in [-0.05, 0) is 56.2 Å². The Hall–Kier alpha value is -3.07. The van der Waals surface area contributed by atoms with Gasteiger partial charge in [0, 0.05) is 30.7 Å². The molecule has 0 bridgehead atoms. The fourth-order valence-electron chi connectivity index (χ4n) is 3.55. The van der Waals surface area contributed by atoms with Crippen molar-refractivity contribution in [3.05, 3.63) is 52.8 Å². The van der Waals surface area contributed by atoms with E-state index in [-0.39, 0.29) is 11.8 Å². The van der Waals surface area contributed by atoms with Gasteiger partial charge in [-0.25, -0.2) is 9.97 Å². The topological polar surface area (TPSA) is 82.3 Å². The van der Waals surface area contributed by atoms with Gasteiger partial charge in [0.2, 0.25) is 0 Å². The lowest BCUT2D eigenvalue weighted by Gasteiger charge is -2.20. The summed E-state index contributed by atoms with van der Waals surface area (Å²) in [4.78, 5) is 9.00. The summed E-state index contributed by atoms with van der Waals surface area (Å²) in [5, 5.41) is 3.97. The molecule has 2 atom stereocenters. The molecule has 3 rings (SSSR count). The summed E-state index contributed by atoms with van der Waals surface area (Å²) in [6.45, 7) is 5.47. The van der Waals surface area contributed by atoms with Gasteiger partial charge in [0.25, 0.3) is 0 Å². The van der Waals surface area contributed by atoms with Gasteiger partial charge in [-0.2, -0.15) is 13.2 Å². The zero-order chi connectivity index (χ0) is 23.6. The normalized spacial score (nSPS) is 13.8. The summed E-state index contributed by atoms with van der Waals surface area (Å²) in [5.74, 6) is 1.73. The van der Waals surface area contributed by atoms with Crippen LogP contribution in [0.4, 0.5) is 24.7 Å². The SMILES string of the molecule is COc1cc2nc(C)nc(NC(C)c3cc(N)cc(C(F)(F)F)c3)c2cc1CC(C)OC. The standard InChI is InChI=1S/C23H27F3N4O2/c1-12(31-4)6-16-9-19-20(11-21(16)32-5)29-14(3)30-22(19)28-13(2)15-7-17(23(24,25)26)10-18(27)8-15/h7-13H,6,27H2,1-5H3,(H,28,29,30). The second-order valence-corrected chi connectivity index (χ2v) is 7.80. The molecule has 172 valence electrons. The maximum Gasteiger partial charge on any atom is 0.416 e. The molecule has 3 aromatic rings. The maximum atomic E-state index is 13.2. The van der Waals surface area contributed by atoms with Crippen molar-refractivity contribution in [3.8, 4) is 5.75 Å². The Kier molecular flexibility index (Phi) is 6.78. The van der Waals surface area contributed by atoms with Crippen LogP contribution >= 0.6 is 0 Å². The lowest BCUT2D eigenvalue weighted by molar-refractivity contribution is -0.137. The van der Waals surface area contributed by atoms with Crippen LogP contribution in [-0.2, 0) is 17.3 Å². The maximum absolute atomic E-state index is 13.2. The molecule has 0 radical (unpaired) electrons. The van der Waals surface area contributed by atoms with E-state index < -0.39 is 17.8 Å². The third kappa shape index (κ3) is 5.21. The molecule has 0 saturated heterocycles. The van der Waals surface area contributed by atoms with E-state index in [1.807, 2.05) is 19.1 Å². The number of rotatable bonds is 7. The van der Waals surface area contributed by atoms with Crippen LogP contribution in [0.15, 0.2) is 30.3 Å². The van der Waals surface area contributed by atoms with Gasteiger partial charge >= 0.3 is 6.18 Å². The number of nitrogen functional groups attached to an aromatic ring is 1. The predicted molar refractivity (Wildman–Crippen MR) is 119 cm³/mol. The van der Waals surface area contributed by atoms with E-state index in [9.17, 15) is 13.2 Å². The van der Waals surface area contributed by atoms with Crippen molar-refractivity contribution < 1.29 is 22.6 Å².